The molecule has 0 radical (unpaired) electrons. The van der Waals surface area contributed by atoms with Gasteiger partial charge in [0.2, 0.25) is 0 Å². The zero-order valence-corrected chi connectivity index (χ0v) is 12.5. The lowest BCUT2D eigenvalue weighted by Crippen LogP contribution is -2.09. The highest BCUT2D eigenvalue weighted by Crippen LogP contribution is 2.23. The number of aryl methyl sites for hydroxylation is 1. The lowest BCUT2D eigenvalue weighted by atomic mass is 10.3. The van der Waals surface area contributed by atoms with Crippen molar-refractivity contribution in [1.29, 1.82) is 0 Å². The highest BCUT2D eigenvalue weighted by atomic mass is 35.5. The Morgan fingerprint density at radius 1 is 1.24 bits per heavy atom. The Balaban J connectivity index is 2.12. The molecule has 116 valence electrons. The summed E-state index contributed by atoms with van der Waals surface area (Å²) < 4.78 is 39.2. The number of halogens is 3. The number of hydrogen-bond acceptors (Lipinski definition) is 3. The van der Waals surface area contributed by atoms with Gasteiger partial charge in [-0.25, -0.2) is 13.8 Å². The predicted octanol–water partition coefficient (Wildman–Crippen LogP) is 3.11. The van der Waals surface area contributed by atoms with E-state index >= 15 is 0 Å². The average Bonchev–Trinajstić information content (AvgIpc) is 2.85. The molecule has 0 atom stereocenters. The third kappa shape index (κ3) is 3.70. The van der Waals surface area contributed by atoms with Crippen LogP contribution in [0.5, 0.6) is 0 Å². The summed E-state index contributed by atoms with van der Waals surface area (Å²) in [6.07, 6.45) is 0.648. The smallest absolute Gasteiger partial charge is 0.184 e. The molecule has 0 spiro atoms. The van der Waals surface area contributed by atoms with Gasteiger partial charge in [-0.15, -0.1) is 11.6 Å². The SMILES string of the molecule is COCCOCCCn1c(CCl)nc2ccc(F)c(F)c21. The van der Waals surface area contributed by atoms with Crippen LogP contribution in [0.1, 0.15) is 12.2 Å². The molecule has 0 N–H and O–H groups in total. The van der Waals surface area contributed by atoms with Crippen molar-refractivity contribution in [3.8, 4) is 0 Å². The number of nitrogens with zero attached hydrogens (tertiary/aromatic N) is 2. The van der Waals surface area contributed by atoms with E-state index in [2.05, 4.69) is 4.98 Å². The first-order chi connectivity index (χ1) is 10.2. The molecule has 0 fully saturated rings. The Morgan fingerprint density at radius 2 is 2.05 bits per heavy atom. The van der Waals surface area contributed by atoms with Crippen LogP contribution in [0.2, 0.25) is 0 Å². The molecule has 7 heteroatoms. The first kappa shape index (κ1) is 16.1. The van der Waals surface area contributed by atoms with Crippen LogP contribution in [-0.2, 0) is 21.9 Å². The van der Waals surface area contributed by atoms with Crippen molar-refractivity contribution in [2.75, 3.05) is 26.9 Å². The van der Waals surface area contributed by atoms with Crippen molar-refractivity contribution >= 4 is 22.6 Å². The second-order valence-electron chi connectivity index (χ2n) is 4.50. The summed E-state index contributed by atoms with van der Waals surface area (Å²) in [5, 5.41) is 0. The second-order valence-corrected chi connectivity index (χ2v) is 4.77. The summed E-state index contributed by atoms with van der Waals surface area (Å²) in [7, 11) is 1.60. The number of benzene rings is 1. The lowest BCUT2D eigenvalue weighted by molar-refractivity contribution is 0.0680. The highest BCUT2D eigenvalue weighted by Gasteiger charge is 2.16. The van der Waals surface area contributed by atoms with Crippen LogP contribution in [0.4, 0.5) is 8.78 Å². The van der Waals surface area contributed by atoms with E-state index in [-0.39, 0.29) is 11.4 Å². The van der Waals surface area contributed by atoms with E-state index in [9.17, 15) is 8.78 Å². The zero-order chi connectivity index (χ0) is 15.2. The van der Waals surface area contributed by atoms with Gasteiger partial charge in [0.1, 0.15) is 11.3 Å². The standard InChI is InChI=1S/C14H17ClF2N2O2/c1-20-7-8-21-6-2-5-19-12(9-15)18-11-4-3-10(16)13(17)14(11)19/h3-4H,2,5-9H2,1H3. The van der Waals surface area contributed by atoms with Gasteiger partial charge in [0.25, 0.3) is 0 Å². The fourth-order valence-electron chi connectivity index (χ4n) is 2.12. The maximum absolute atomic E-state index is 14.0. The number of methoxy groups -OCH3 is 1. The summed E-state index contributed by atoms with van der Waals surface area (Å²) in [4.78, 5) is 4.22. The predicted molar refractivity (Wildman–Crippen MR) is 76.5 cm³/mol. The molecule has 0 unspecified atom stereocenters. The first-order valence-electron chi connectivity index (χ1n) is 6.64. The van der Waals surface area contributed by atoms with Crippen LogP contribution in [0, 0.1) is 11.6 Å². The molecule has 1 aromatic carbocycles. The molecule has 1 aromatic heterocycles. The van der Waals surface area contributed by atoms with Gasteiger partial charge < -0.3 is 14.0 Å². The van der Waals surface area contributed by atoms with E-state index in [0.29, 0.717) is 44.1 Å². The lowest BCUT2D eigenvalue weighted by Gasteiger charge is -2.09. The fourth-order valence-corrected chi connectivity index (χ4v) is 2.32. The zero-order valence-electron chi connectivity index (χ0n) is 11.7. The molecule has 0 amide bonds. The van der Waals surface area contributed by atoms with Crippen molar-refractivity contribution < 1.29 is 18.3 Å². The molecule has 0 aliphatic carbocycles. The summed E-state index contributed by atoms with van der Waals surface area (Å²) in [5.41, 5.74) is 0.562. The number of hydrogen-bond donors (Lipinski definition) is 0. The van der Waals surface area contributed by atoms with Gasteiger partial charge in [-0.2, -0.15) is 0 Å². The Morgan fingerprint density at radius 3 is 2.76 bits per heavy atom. The molecule has 0 saturated carbocycles. The van der Waals surface area contributed by atoms with Gasteiger partial charge in [-0.1, -0.05) is 0 Å². The minimum Gasteiger partial charge on any atom is -0.382 e. The van der Waals surface area contributed by atoms with Gasteiger partial charge >= 0.3 is 0 Å². The monoisotopic (exact) mass is 318 g/mol. The second kappa shape index (κ2) is 7.68. The largest absolute Gasteiger partial charge is 0.382 e. The highest BCUT2D eigenvalue weighted by molar-refractivity contribution is 6.16. The van der Waals surface area contributed by atoms with Crippen LogP contribution in [0.25, 0.3) is 11.0 Å². The molecule has 21 heavy (non-hydrogen) atoms. The molecule has 0 saturated heterocycles. The third-order valence-electron chi connectivity index (χ3n) is 3.10. The van der Waals surface area contributed by atoms with Crippen molar-refractivity contribution in [3.05, 3.63) is 29.6 Å². The summed E-state index contributed by atoms with van der Waals surface area (Å²) in [6, 6.07) is 2.52. The van der Waals surface area contributed by atoms with Crippen LogP contribution >= 0.6 is 11.6 Å². The number of alkyl halides is 1. The first-order valence-corrected chi connectivity index (χ1v) is 7.18. The van der Waals surface area contributed by atoms with Crippen LogP contribution < -0.4 is 0 Å². The fraction of sp³-hybridized carbons (Fsp3) is 0.500. The van der Waals surface area contributed by atoms with Gasteiger partial charge in [0, 0.05) is 20.3 Å². The van der Waals surface area contributed by atoms with Crippen molar-refractivity contribution in [1.82, 2.24) is 9.55 Å². The third-order valence-corrected chi connectivity index (χ3v) is 3.34. The minimum absolute atomic E-state index is 0.139. The molecule has 4 nitrogen and oxygen atoms in total. The summed E-state index contributed by atoms with van der Waals surface area (Å²) in [5.74, 6) is -1.12. The van der Waals surface area contributed by atoms with E-state index in [1.165, 1.54) is 6.07 Å². The maximum atomic E-state index is 14.0. The Bertz CT molecular complexity index is 604. The number of ether oxygens (including phenoxy) is 2. The molecule has 0 aliphatic rings. The number of imidazole rings is 1. The van der Waals surface area contributed by atoms with E-state index in [1.807, 2.05) is 0 Å². The van der Waals surface area contributed by atoms with Gasteiger partial charge in [-0.05, 0) is 18.6 Å². The number of aromatic nitrogens is 2. The van der Waals surface area contributed by atoms with Gasteiger partial charge in [-0.3, -0.25) is 0 Å². The number of fused-ring (bicyclic) bond motifs is 1. The minimum atomic E-state index is -0.892. The Hall–Kier alpha value is -1.24. The van der Waals surface area contributed by atoms with Crippen molar-refractivity contribution in [2.45, 2.75) is 18.8 Å². The molecular formula is C14H17ClF2N2O2. The van der Waals surface area contributed by atoms with Crippen molar-refractivity contribution in [2.24, 2.45) is 0 Å². The van der Waals surface area contributed by atoms with Gasteiger partial charge in [0.05, 0.1) is 24.6 Å². The molecule has 2 aromatic rings. The summed E-state index contributed by atoms with van der Waals surface area (Å²) >= 11 is 5.83. The molecule has 0 bridgehead atoms. The van der Waals surface area contributed by atoms with E-state index < -0.39 is 11.6 Å². The molecular weight excluding hydrogens is 302 g/mol. The van der Waals surface area contributed by atoms with E-state index in [4.69, 9.17) is 21.1 Å². The topological polar surface area (TPSA) is 36.3 Å². The molecule has 1 heterocycles. The van der Waals surface area contributed by atoms with Gasteiger partial charge in [0.15, 0.2) is 11.6 Å². The van der Waals surface area contributed by atoms with Crippen LogP contribution in [0.15, 0.2) is 12.1 Å². The average molecular weight is 319 g/mol. The van der Waals surface area contributed by atoms with E-state index in [1.54, 1.807) is 11.7 Å². The van der Waals surface area contributed by atoms with Crippen LogP contribution in [0.3, 0.4) is 0 Å². The number of rotatable bonds is 8. The maximum Gasteiger partial charge on any atom is 0.184 e. The van der Waals surface area contributed by atoms with E-state index in [0.717, 1.165) is 6.07 Å². The quantitative estimate of drug-likeness (QED) is 0.554. The summed E-state index contributed by atoms with van der Waals surface area (Å²) in [6.45, 7) is 2.00. The molecule has 0 aliphatic heterocycles. The Labute approximate surface area is 126 Å². The van der Waals surface area contributed by atoms with Crippen LogP contribution in [-0.4, -0.2) is 36.5 Å². The molecule has 2 rings (SSSR count). The van der Waals surface area contributed by atoms with Crippen molar-refractivity contribution in [3.63, 3.8) is 0 Å². The Kier molecular flexibility index (Phi) is 5.90. The normalized spacial score (nSPS) is 11.4.